The highest BCUT2D eigenvalue weighted by Gasteiger charge is 2.23. The molecule has 0 aliphatic heterocycles. The van der Waals surface area contributed by atoms with E-state index in [1.165, 1.54) is 0 Å². The van der Waals surface area contributed by atoms with E-state index in [9.17, 15) is 0 Å². The van der Waals surface area contributed by atoms with Gasteiger partial charge in [-0.2, -0.15) is 5.10 Å². The van der Waals surface area contributed by atoms with Crippen molar-refractivity contribution in [3.8, 4) is 0 Å². The Balaban J connectivity index is 2.47. The molecule has 0 fully saturated rings. The van der Waals surface area contributed by atoms with Gasteiger partial charge in [-0.1, -0.05) is 26.2 Å². The average molecular weight is 224 g/mol. The van der Waals surface area contributed by atoms with Crippen LogP contribution in [0.2, 0.25) is 19.6 Å². The molecular formula is C11H20N2OSi. The maximum absolute atomic E-state index is 5.81. The predicted molar refractivity (Wildman–Crippen MR) is 66.3 cm³/mol. The van der Waals surface area contributed by atoms with Gasteiger partial charge in [0.15, 0.2) is 0 Å². The first-order valence-corrected chi connectivity index (χ1v) is 8.79. The van der Waals surface area contributed by atoms with Crippen molar-refractivity contribution in [1.29, 1.82) is 0 Å². The fourth-order valence-electron chi connectivity index (χ4n) is 1.02. The number of nitrogens with zero attached hydrogens (tertiary/aromatic N) is 1. The topological polar surface area (TPSA) is 37.9 Å². The summed E-state index contributed by atoms with van der Waals surface area (Å²) in [5.74, 6) is 0. The molecule has 0 aromatic carbocycles. The Labute approximate surface area is 92.6 Å². The van der Waals surface area contributed by atoms with Gasteiger partial charge in [0.1, 0.15) is 0 Å². The van der Waals surface area contributed by atoms with Crippen molar-refractivity contribution in [3.05, 3.63) is 24.0 Å². The minimum Gasteiger partial charge on any atom is -0.376 e. The molecule has 0 saturated heterocycles. The van der Waals surface area contributed by atoms with E-state index in [0.29, 0.717) is 12.3 Å². The van der Waals surface area contributed by atoms with Crippen LogP contribution in [-0.2, 0) is 11.3 Å². The van der Waals surface area contributed by atoms with Crippen LogP contribution in [0.3, 0.4) is 0 Å². The largest absolute Gasteiger partial charge is 0.376 e. The summed E-state index contributed by atoms with van der Waals surface area (Å²) < 4.78 is 5.81. The number of hydrogen-bond acceptors (Lipinski definition) is 2. The van der Waals surface area contributed by atoms with Gasteiger partial charge in [0, 0.05) is 5.73 Å². The van der Waals surface area contributed by atoms with E-state index >= 15 is 0 Å². The Morgan fingerprint density at radius 3 is 2.73 bits per heavy atom. The Morgan fingerprint density at radius 2 is 2.27 bits per heavy atom. The molecular weight excluding hydrogens is 204 g/mol. The fraction of sp³-hybridized carbons (Fsp3) is 0.545. The first-order chi connectivity index (χ1) is 6.93. The van der Waals surface area contributed by atoms with E-state index in [4.69, 9.17) is 4.74 Å². The monoisotopic (exact) mass is 224 g/mol. The van der Waals surface area contributed by atoms with Crippen LogP contribution in [-0.4, -0.2) is 24.0 Å². The van der Waals surface area contributed by atoms with Gasteiger partial charge in [-0.15, -0.1) is 0 Å². The second kappa shape index (κ2) is 4.77. The molecule has 15 heavy (non-hydrogen) atoms. The Bertz CT molecular complexity index is 328. The van der Waals surface area contributed by atoms with Crippen LogP contribution in [0.4, 0.5) is 0 Å². The lowest BCUT2D eigenvalue weighted by molar-refractivity contribution is 0.0954. The molecule has 1 atom stereocenters. The zero-order valence-electron chi connectivity index (χ0n) is 10.0. The lowest BCUT2D eigenvalue weighted by atomic mass is 10.3. The SMILES string of the molecule is C=Cc1cc(COC(C)[Si](C)(C)C)[nH]n1. The normalized spacial score (nSPS) is 13.9. The van der Waals surface area contributed by atoms with E-state index in [1.54, 1.807) is 6.08 Å². The standard InChI is InChI=1S/C11H20N2OSi/c1-6-10-7-11(13-12-10)8-14-9(2)15(3,4)5/h6-7,9H,1,8H2,2-5H3,(H,12,13). The zero-order chi connectivity index (χ0) is 11.5. The number of nitrogens with one attached hydrogen (secondary N) is 1. The van der Waals surface area contributed by atoms with Crippen LogP contribution in [0, 0.1) is 0 Å². The second-order valence-electron chi connectivity index (χ2n) is 4.84. The van der Waals surface area contributed by atoms with Crippen molar-refractivity contribution in [2.24, 2.45) is 0 Å². The van der Waals surface area contributed by atoms with Gasteiger partial charge < -0.3 is 4.74 Å². The average Bonchev–Trinajstić information content (AvgIpc) is 2.60. The van der Waals surface area contributed by atoms with Crippen molar-refractivity contribution < 1.29 is 4.74 Å². The maximum atomic E-state index is 5.81. The molecule has 1 heterocycles. The molecule has 0 aliphatic rings. The van der Waals surface area contributed by atoms with Gasteiger partial charge in [-0.3, -0.25) is 5.10 Å². The number of aromatic nitrogens is 2. The third kappa shape index (κ3) is 3.64. The maximum Gasteiger partial charge on any atom is 0.0881 e. The molecule has 0 amide bonds. The van der Waals surface area contributed by atoms with E-state index in [-0.39, 0.29) is 0 Å². The summed E-state index contributed by atoms with van der Waals surface area (Å²) in [5.41, 5.74) is 2.23. The molecule has 1 aromatic heterocycles. The summed E-state index contributed by atoms with van der Waals surface area (Å²) in [5, 5.41) is 7.00. The second-order valence-corrected chi connectivity index (χ2v) is 10.4. The van der Waals surface area contributed by atoms with Gasteiger partial charge in [0.25, 0.3) is 0 Å². The van der Waals surface area contributed by atoms with Gasteiger partial charge in [0.2, 0.25) is 0 Å². The summed E-state index contributed by atoms with van der Waals surface area (Å²) in [7, 11) is -1.19. The van der Waals surface area contributed by atoms with Crippen LogP contribution in [0.5, 0.6) is 0 Å². The van der Waals surface area contributed by atoms with Crippen LogP contribution in [0.25, 0.3) is 6.08 Å². The molecule has 84 valence electrons. The molecule has 1 unspecified atom stereocenters. The Kier molecular flexibility index (Phi) is 3.88. The minimum atomic E-state index is -1.19. The number of aromatic amines is 1. The lowest BCUT2D eigenvalue weighted by Gasteiger charge is -2.24. The number of H-pyrrole nitrogens is 1. The molecule has 0 spiro atoms. The van der Waals surface area contributed by atoms with Gasteiger partial charge in [0.05, 0.1) is 26.1 Å². The molecule has 1 aromatic rings. The third-order valence-corrected chi connectivity index (χ3v) is 5.17. The molecule has 1 N–H and O–H groups in total. The van der Waals surface area contributed by atoms with E-state index in [2.05, 4.69) is 43.3 Å². The van der Waals surface area contributed by atoms with E-state index in [1.807, 2.05) is 6.07 Å². The molecule has 0 saturated carbocycles. The quantitative estimate of drug-likeness (QED) is 0.781. The van der Waals surface area contributed by atoms with Crippen LogP contribution in [0.1, 0.15) is 18.3 Å². The molecule has 0 bridgehead atoms. The predicted octanol–water partition coefficient (Wildman–Crippen LogP) is 2.84. The number of ether oxygens (including phenoxy) is 1. The van der Waals surface area contributed by atoms with Crippen LogP contribution >= 0.6 is 0 Å². The Morgan fingerprint density at radius 1 is 1.60 bits per heavy atom. The van der Waals surface area contributed by atoms with Crippen molar-refractivity contribution in [1.82, 2.24) is 10.2 Å². The summed E-state index contributed by atoms with van der Waals surface area (Å²) in [6.45, 7) is 13.3. The Hall–Kier alpha value is -0.873. The molecule has 4 heteroatoms. The lowest BCUT2D eigenvalue weighted by Crippen LogP contribution is -2.37. The van der Waals surface area contributed by atoms with Crippen LogP contribution in [0.15, 0.2) is 12.6 Å². The zero-order valence-corrected chi connectivity index (χ0v) is 11.0. The van der Waals surface area contributed by atoms with E-state index in [0.717, 1.165) is 11.4 Å². The summed E-state index contributed by atoms with van der Waals surface area (Å²) >= 11 is 0. The first-order valence-electron chi connectivity index (χ1n) is 5.22. The first kappa shape index (κ1) is 12.2. The number of hydrogen-bond donors (Lipinski definition) is 1. The molecule has 1 rings (SSSR count). The smallest absolute Gasteiger partial charge is 0.0881 e. The van der Waals surface area contributed by atoms with Crippen molar-refractivity contribution in [2.45, 2.75) is 38.9 Å². The van der Waals surface area contributed by atoms with Crippen molar-refractivity contribution in [3.63, 3.8) is 0 Å². The van der Waals surface area contributed by atoms with E-state index < -0.39 is 8.07 Å². The van der Waals surface area contributed by atoms with Gasteiger partial charge in [-0.25, -0.2) is 0 Å². The van der Waals surface area contributed by atoms with Crippen molar-refractivity contribution >= 4 is 14.1 Å². The third-order valence-electron chi connectivity index (χ3n) is 2.57. The molecule has 0 aliphatic carbocycles. The fourth-order valence-corrected chi connectivity index (χ4v) is 1.61. The minimum absolute atomic E-state index is 0.355. The van der Waals surface area contributed by atoms with Crippen molar-refractivity contribution in [2.75, 3.05) is 0 Å². The summed E-state index contributed by atoms with van der Waals surface area (Å²) in [6.07, 6.45) is 1.72. The highest BCUT2D eigenvalue weighted by Crippen LogP contribution is 2.13. The molecule has 0 radical (unpaired) electrons. The number of rotatable bonds is 5. The van der Waals surface area contributed by atoms with Crippen LogP contribution < -0.4 is 0 Å². The van der Waals surface area contributed by atoms with Gasteiger partial charge in [-0.05, 0) is 19.1 Å². The highest BCUT2D eigenvalue weighted by atomic mass is 28.3. The summed E-state index contributed by atoms with van der Waals surface area (Å²) in [4.78, 5) is 0. The molecule has 3 nitrogen and oxygen atoms in total. The van der Waals surface area contributed by atoms with Gasteiger partial charge >= 0.3 is 0 Å². The summed E-state index contributed by atoms with van der Waals surface area (Å²) in [6, 6.07) is 1.96. The highest BCUT2D eigenvalue weighted by molar-refractivity contribution is 6.77.